The van der Waals surface area contributed by atoms with Gasteiger partial charge in [0.1, 0.15) is 0 Å². The number of nitrogens with two attached hydrogens (primary N) is 1. The maximum Gasteiger partial charge on any atom is 0.222 e. The summed E-state index contributed by atoms with van der Waals surface area (Å²) < 4.78 is 21.4. The lowest BCUT2D eigenvalue weighted by Gasteiger charge is -2.28. The number of amides is 2. The molecule has 0 aromatic heterocycles. The fourth-order valence-electron chi connectivity index (χ4n) is 4.41. The molecule has 10 heteroatoms. The fourth-order valence-corrected chi connectivity index (χ4v) is 4.41. The van der Waals surface area contributed by atoms with Crippen molar-refractivity contribution >= 4 is 11.8 Å². The molecule has 0 aliphatic heterocycles. The molecule has 40 heavy (non-hydrogen) atoms. The first-order valence-corrected chi connectivity index (χ1v) is 14.4. The smallest absolute Gasteiger partial charge is 0.222 e. The van der Waals surface area contributed by atoms with Crippen molar-refractivity contribution in [2.75, 3.05) is 54.2 Å². The Morgan fingerprint density at radius 2 is 1.65 bits per heavy atom. The van der Waals surface area contributed by atoms with E-state index in [1.807, 2.05) is 18.2 Å². The highest BCUT2D eigenvalue weighted by molar-refractivity contribution is 5.78. The number of hydrogen-bond acceptors (Lipinski definition) is 8. The first-order chi connectivity index (χ1) is 19.1. The van der Waals surface area contributed by atoms with Crippen LogP contribution in [0.4, 0.5) is 0 Å². The number of rotatable bonds is 22. The minimum absolute atomic E-state index is 0.0686. The Bertz CT molecular complexity index is 853. The number of nitrogens with one attached hydrogen (secondary N) is 2. The van der Waals surface area contributed by atoms with Gasteiger partial charge in [0, 0.05) is 58.7 Å². The van der Waals surface area contributed by atoms with Crippen molar-refractivity contribution in [3.63, 3.8) is 0 Å². The standard InChI is InChI=1S/C30H53N3O7/c1-21(2)24(18-23-10-11-27(39-6)28(19-23)40-15-8-14-37-4)20-25(31)26(34)17-22(3)30(36)33-12-7-9-29(35)32-13-16-38-5/h10-11,19,21-22,24-26,34H,7-9,12-18,20,31H2,1-6H3,(H,32,35)(H,33,36). The molecule has 1 aromatic carbocycles. The minimum Gasteiger partial charge on any atom is -0.493 e. The van der Waals surface area contributed by atoms with Crippen molar-refractivity contribution in [2.24, 2.45) is 23.5 Å². The molecule has 0 aliphatic carbocycles. The van der Waals surface area contributed by atoms with Gasteiger partial charge in [-0.25, -0.2) is 0 Å². The van der Waals surface area contributed by atoms with Gasteiger partial charge in [0.15, 0.2) is 11.5 Å². The molecule has 0 saturated heterocycles. The molecule has 0 aliphatic rings. The Morgan fingerprint density at radius 3 is 2.30 bits per heavy atom. The number of carbonyl (C=O) groups excluding carboxylic acids is 2. The van der Waals surface area contributed by atoms with Gasteiger partial charge >= 0.3 is 0 Å². The maximum atomic E-state index is 12.5. The van der Waals surface area contributed by atoms with E-state index in [0.717, 1.165) is 18.4 Å². The highest BCUT2D eigenvalue weighted by Gasteiger charge is 2.26. The van der Waals surface area contributed by atoms with E-state index >= 15 is 0 Å². The molecule has 5 N–H and O–H groups in total. The van der Waals surface area contributed by atoms with E-state index in [4.69, 9.17) is 24.7 Å². The Balaban J connectivity index is 2.58. The van der Waals surface area contributed by atoms with Gasteiger partial charge in [-0.3, -0.25) is 9.59 Å². The van der Waals surface area contributed by atoms with Crippen LogP contribution in [0.15, 0.2) is 18.2 Å². The molecule has 0 radical (unpaired) electrons. The zero-order valence-corrected chi connectivity index (χ0v) is 25.4. The molecule has 1 aromatic rings. The van der Waals surface area contributed by atoms with Crippen LogP contribution in [0.5, 0.6) is 11.5 Å². The zero-order valence-electron chi connectivity index (χ0n) is 25.4. The quantitative estimate of drug-likeness (QED) is 0.157. The van der Waals surface area contributed by atoms with Crippen molar-refractivity contribution < 1.29 is 33.6 Å². The second-order valence-electron chi connectivity index (χ2n) is 10.7. The summed E-state index contributed by atoms with van der Waals surface area (Å²) in [4.78, 5) is 24.2. The van der Waals surface area contributed by atoms with Gasteiger partial charge in [-0.1, -0.05) is 26.8 Å². The van der Waals surface area contributed by atoms with Crippen LogP contribution in [0.25, 0.3) is 0 Å². The highest BCUT2D eigenvalue weighted by Crippen LogP contribution is 2.31. The van der Waals surface area contributed by atoms with Crippen molar-refractivity contribution in [1.82, 2.24) is 10.6 Å². The van der Waals surface area contributed by atoms with E-state index in [1.165, 1.54) is 0 Å². The van der Waals surface area contributed by atoms with Crippen LogP contribution >= 0.6 is 0 Å². The second-order valence-corrected chi connectivity index (χ2v) is 10.7. The Hall–Kier alpha value is -2.40. The van der Waals surface area contributed by atoms with Gasteiger partial charge in [-0.15, -0.1) is 0 Å². The van der Waals surface area contributed by atoms with E-state index in [9.17, 15) is 14.7 Å². The van der Waals surface area contributed by atoms with E-state index in [2.05, 4.69) is 24.5 Å². The summed E-state index contributed by atoms with van der Waals surface area (Å²) in [7, 11) is 4.87. The van der Waals surface area contributed by atoms with Gasteiger partial charge in [-0.2, -0.15) is 0 Å². The van der Waals surface area contributed by atoms with Gasteiger partial charge in [0.25, 0.3) is 0 Å². The molecule has 4 unspecified atom stereocenters. The third-order valence-electron chi connectivity index (χ3n) is 7.04. The number of carbonyl (C=O) groups is 2. The molecule has 2 amide bonds. The number of ether oxygens (including phenoxy) is 4. The van der Waals surface area contributed by atoms with E-state index in [1.54, 1.807) is 28.3 Å². The van der Waals surface area contributed by atoms with Crippen LogP contribution < -0.4 is 25.8 Å². The molecule has 10 nitrogen and oxygen atoms in total. The van der Waals surface area contributed by atoms with Gasteiger partial charge in [0.05, 0.1) is 26.4 Å². The molecule has 1 rings (SSSR count). The second kappa shape index (κ2) is 20.5. The normalized spacial score (nSPS) is 14.3. The predicted octanol–water partition coefficient (Wildman–Crippen LogP) is 2.69. The maximum absolute atomic E-state index is 12.5. The fraction of sp³-hybridized carbons (Fsp3) is 0.733. The number of aliphatic hydroxyl groups is 1. The highest BCUT2D eigenvalue weighted by atomic mass is 16.5. The molecular weight excluding hydrogens is 514 g/mol. The van der Waals surface area contributed by atoms with Gasteiger partial charge in [0.2, 0.25) is 11.8 Å². The van der Waals surface area contributed by atoms with E-state index in [0.29, 0.717) is 69.6 Å². The van der Waals surface area contributed by atoms with E-state index < -0.39 is 18.1 Å². The lowest BCUT2D eigenvalue weighted by molar-refractivity contribution is -0.126. The molecule has 0 fully saturated rings. The number of benzene rings is 1. The average molecular weight is 568 g/mol. The number of hydrogen-bond donors (Lipinski definition) is 4. The molecule has 4 atom stereocenters. The van der Waals surface area contributed by atoms with Crippen LogP contribution in [-0.4, -0.2) is 83.3 Å². The van der Waals surface area contributed by atoms with Crippen LogP contribution in [0.2, 0.25) is 0 Å². The minimum atomic E-state index is -0.802. The van der Waals surface area contributed by atoms with E-state index in [-0.39, 0.29) is 24.2 Å². The van der Waals surface area contributed by atoms with Crippen LogP contribution in [-0.2, 0) is 25.5 Å². The topological polar surface area (TPSA) is 141 Å². The summed E-state index contributed by atoms with van der Waals surface area (Å²) in [5, 5.41) is 16.4. The Morgan fingerprint density at radius 1 is 0.925 bits per heavy atom. The van der Waals surface area contributed by atoms with Crippen LogP contribution in [0, 0.1) is 17.8 Å². The molecule has 230 valence electrons. The molecule has 0 heterocycles. The van der Waals surface area contributed by atoms with Crippen LogP contribution in [0.1, 0.15) is 58.4 Å². The number of aliphatic hydroxyl groups excluding tert-OH is 1. The summed E-state index contributed by atoms with van der Waals surface area (Å²) in [5.41, 5.74) is 7.56. The van der Waals surface area contributed by atoms with Crippen molar-refractivity contribution in [3.05, 3.63) is 23.8 Å². The van der Waals surface area contributed by atoms with Gasteiger partial charge < -0.3 is 40.4 Å². The van der Waals surface area contributed by atoms with Crippen molar-refractivity contribution in [1.29, 1.82) is 0 Å². The van der Waals surface area contributed by atoms with Gasteiger partial charge in [-0.05, 0) is 55.2 Å². The van der Waals surface area contributed by atoms with Crippen molar-refractivity contribution in [3.8, 4) is 11.5 Å². The van der Waals surface area contributed by atoms with Crippen LogP contribution in [0.3, 0.4) is 0 Å². The molecule has 0 spiro atoms. The summed E-state index contributed by atoms with van der Waals surface area (Å²) in [6.45, 7) is 8.61. The summed E-state index contributed by atoms with van der Waals surface area (Å²) in [6.07, 6.45) is 2.54. The Kier molecular flexibility index (Phi) is 18.2. The lowest BCUT2D eigenvalue weighted by atomic mass is 9.82. The number of methoxy groups -OCH3 is 3. The predicted molar refractivity (Wildman–Crippen MR) is 157 cm³/mol. The first-order valence-electron chi connectivity index (χ1n) is 14.4. The lowest BCUT2D eigenvalue weighted by Crippen LogP contribution is -2.41. The third-order valence-corrected chi connectivity index (χ3v) is 7.04. The molecule has 0 saturated carbocycles. The SMILES string of the molecule is COCCCOc1cc(CC(CC(N)C(O)CC(C)C(=O)NCCCC(=O)NCCOC)C(C)C)ccc1OC. The molecule has 0 bridgehead atoms. The summed E-state index contributed by atoms with van der Waals surface area (Å²) in [6, 6.07) is 5.51. The molecular formula is C30H53N3O7. The largest absolute Gasteiger partial charge is 0.493 e. The van der Waals surface area contributed by atoms with Crippen molar-refractivity contribution in [2.45, 2.75) is 71.4 Å². The monoisotopic (exact) mass is 567 g/mol. The third kappa shape index (κ3) is 14.3. The first kappa shape index (κ1) is 35.6. The summed E-state index contributed by atoms with van der Waals surface area (Å²) >= 11 is 0. The average Bonchev–Trinajstić information content (AvgIpc) is 2.93. The Labute approximate surface area is 240 Å². The summed E-state index contributed by atoms with van der Waals surface area (Å²) in [5.74, 6) is 1.36. The zero-order chi connectivity index (χ0) is 29.9.